The van der Waals surface area contributed by atoms with Crippen LogP contribution in [0.25, 0.3) is 5.76 Å². The van der Waals surface area contributed by atoms with E-state index < -0.39 is 17.7 Å². The van der Waals surface area contributed by atoms with Gasteiger partial charge >= 0.3 is 5.91 Å². The minimum absolute atomic E-state index is 0.0284. The lowest BCUT2D eigenvalue weighted by Gasteiger charge is -2.22. The van der Waals surface area contributed by atoms with Crippen LogP contribution in [0, 0.1) is 0 Å². The number of unbranched alkanes of at least 4 members (excludes halogenated alkanes) is 1. The average molecular weight is 636 g/mol. The summed E-state index contributed by atoms with van der Waals surface area (Å²) in [4.78, 5) is 28.4. The quantitative estimate of drug-likeness (QED) is 0.0422. The number of halogens is 1. The highest BCUT2D eigenvalue weighted by Gasteiger charge is 2.48. The number of carbonyl (C=O) groups is 2. The Morgan fingerprint density at radius 2 is 1.63 bits per heavy atom. The van der Waals surface area contributed by atoms with Crippen molar-refractivity contribution in [3.8, 4) is 11.5 Å². The van der Waals surface area contributed by atoms with Gasteiger partial charge in [0.05, 0.1) is 24.8 Å². The maximum Gasteiger partial charge on any atom is 0.301 e. The number of ketones is 1. The molecule has 1 aliphatic rings. The number of rotatable bonds is 12. The first-order valence-electron chi connectivity index (χ1n) is 13.9. The minimum atomic E-state index is -0.918. The van der Waals surface area contributed by atoms with E-state index in [4.69, 9.17) is 21.1 Å². The molecule has 1 saturated heterocycles. The third-order valence-electron chi connectivity index (χ3n) is 6.72. The fraction of sp³-hybridized carbons (Fsp3) is 0.250. The molecule has 0 bridgehead atoms. The summed E-state index contributed by atoms with van der Waals surface area (Å²) in [5.74, 6) is 0.0763. The zero-order chi connectivity index (χ0) is 30.3. The van der Waals surface area contributed by atoms with Gasteiger partial charge in [-0.15, -0.1) is 10.2 Å². The number of nitrogens with zero attached hydrogens (tertiary/aromatic N) is 3. The third kappa shape index (κ3) is 7.04. The Morgan fingerprint density at radius 3 is 2.30 bits per heavy atom. The summed E-state index contributed by atoms with van der Waals surface area (Å²) in [5.41, 5.74) is 2.05. The van der Waals surface area contributed by atoms with Crippen LogP contribution in [0.3, 0.4) is 0 Å². The number of anilines is 1. The van der Waals surface area contributed by atoms with Crippen molar-refractivity contribution in [3.63, 3.8) is 0 Å². The number of aliphatic hydroxyl groups is 1. The Balaban J connectivity index is 1.48. The molecule has 1 amide bonds. The predicted octanol–water partition coefficient (Wildman–Crippen LogP) is 7.69. The molecule has 3 aromatic carbocycles. The normalized spacial score (nSPS) is 16.1. The molecule has 222 valence electrons. The minimum Gasteiger partial charge on any atom is -0.507 e. The standard InChI is InChI=1S/C32H30ClN3O5S2/c1-3-5-18-41-25-16-10-22(11-17-25)28(37)26-27(21-8-14-24(15-9-21)40-4-2)36(30(39)29(26)38)31-34-35-32(43-31)42-19-20-6-12-23(33)13-7-20/h6-17,27,37H,3-5,18-19H2,1-2H3. The number of ether oxygens (including phenoxy) is 2. The van der Waals surface area contributed by atoms with Gasteiger partial charge < -0.3 is 14.6 Å². The second-order valence-corrected chi connectivity index (χ2v) is 12.3. The molecule has 1 atom stereocenters. The molecule has 1 N–H and O–H groups in total. The summed E-state index contributed by atoms with van der Waals surface area (Å²) in [6.07, 6.45) is 1.95. The molecule has 5 rings (SSSR count). The van der Waals surface area contributed by atoms with Crippen LogP contribution < -0.4 is 14.4 Å². The highest BCUT2D eigenvalue weighted by Crippen LogP contribution is 2.44. The van der Waals surface area contributed by atoms with E-state index in [9.17, 15) is 14.7 Å². The van der Waals surface area contributed by atoms with Gasteiger partial charge in [-0.25, -0.2) is 0 Å². The Bertz CT molecular complexity index is 1610. The fourth-order valence-corrected chi connectivity index (χ4v) is 6.49. The van der Waals surface area contributed by atoms with Gasteiger partial charge in [-0.3, -0.25) is 14.5 Å². The molecule has 0 saturated carbocycles. The van der Waals surface area contributed by atoms with Crippen molar-refractivity contribution in [1.29, 1.82) is 0 Å². The van der Waals surface area contributed by atoms with Gasteiger partial charge in [0.1, 0.15) is 17.3 Å². The van der Waals surface area contributed by atoms with Gasteiger partial charge in [0.15, 0.2) is 4.34 Å². The van der Waals surface area contributed by atoms with Crippen LogP contribution in [0.4, 0.5) is 5.13 Å². The van der Waals surface area contributed by atoms with E-state index in [1.54, 1.807) is 48.5 Å². The number of amides is 1. The molecule has 0 radical (unpaired) electrons. The van der Waals surface area contributed by atoms with Crippen molar-refractivity contribution in [2.24, 2.45) is 0 Å². The van der Waals surface area contributed by atoms with Crippen LogP contribution in [0.5, 0.6) is 11.5 Å². The predicted molar refractivity (Wildman–Crippen MR) is 170 cm³/mol. The molecule has 11 heteroatoms. The van der Waals surface area contributed by atoms with Crippen LogP contribution in [0.1, 0.15) is 49.4 Å². The van der Waals surface area contributed by atoms with Gasteiger partial charge in [-0.2, -0.15) is 0 Å². The van der Waals surface area contributed by atoms with Crippen molar-refractivity contribution in [3.05, 3.63) is 100 Å². The van der Waals surface area contributed by atoms with Crippen LogP contribution in [0.15, 0.2) is 82.7 Å². The Morgan fingerprint density at radius 1 is 0.953 bits per heavy atom. The van der Waals surface area contributed by atoms with Crippen LogP contribution in [-0.4, -0.2) is 40.2 Å². The Hall–Kier alpha value is -3.86. The number of aliphatic hydroxyl groups excluding tert-OH is 1. The second kappa shape index (κ2) is 14.1. The molecule has 1 aromatic heterocycles. The molecule has 1 unspecified atom stereocenters. The van der Waals surface area contributed by atoms with Gasteiger partial charge in [0.25, 0.3) is 5.78 Å². The summed E-state index contributed by atoms with van der Waals surface area (Å²) in [5, 5.41) is 20.9. The highest BCUT2D eigenvalue weighted by atomic mass is 35.5. The molecule has 0 aliphatic carbocycles. The first-order valence-corrected chi connectivity index (χ1v) is 16.0. The van der Waals surface area contributed by atoms with Crippen LogP contribution in [-0.2, 0) is 15.3 Å². The Kier molecular flexibility index (Phi) is 10.0. The molecule has 8 nitrogen and oxygen atoms in total. The van der Waals surface area contributed by atoms with Crippen molar-refractivity contribution >= 4 is 57.3 Å². The number of Topliss-reactive ketones (excluding diaryl/α,β-unsaturated/α-hetero) is 1. The monoisotopic (exact) mass is 635 g/mol. The molecule has 1 aliphatic heterocycles. The summed E-state index contributed by atoms with van der Waals surface area (Å²) in [6, 6.07) is 20.5. The maximum atomic E-state index is 13.5. The van der Waals surface area contributed by atoms with Gasteiger partial charge in [0.2, 0.25) is 5.13 Å². The van der Waals surface area contributed by atoms with E-state index in [-0.39, 0.29) is 16.5 Å². The number of carbonyl (C=O) groups excluding carboxylic acids is 2. The van der Waals surface area contributed by atoms with Gasteiger partial charge in [-0.1, -0.05) is 72.3 Å². The third-order valence-corrected chi connectivity index (χ3v) is 9.10. The fourth-order valence-electron chi connectivity index (χ4n) is 4.54. The molecule has 43 heavy (non-hydrogen) atoms. The molecule has 0 spiro atoms. The maximum absolute atomic E-state index is 13.5. The number of benzene rings is 3. The summed E-state index contributed by atoms with van der Waals surface area (Å²) in [6.45, 7) is 5.06. The molecule has 1 fully saturated rings. The molecular formula is C32H30ClN3O5S2. The van der Waals surface area contributed by atoms with E-state index >= 15 is 0 Å². The summed E-state index contributed by atoms with van der Waals surface area (Å²) in [7, 11) is 0. The lowest BCUT2D eigenvalue weighted by molar-refractivity contribution is -0.132. The highest BCUT2D eigenvalue weighted by molar-refractivity contribution is 8.00. The Labute approximate surface area is 263 Å². The van der Waals surface area contributed by atoms with Crippen molar-refractivity contribution in [1.82, 2.24) is 10.2 Å². The largest absolute Gasteiger partial charge is 0.507 e. The number of hydrogen-bond donors (Lipinski definition) is 1. The van der Waals surface area contributed by atoms with E-state index in [0.29, 0.717) is 51.0 Å². The lowest BCUT2D eigenvalue weighted by Crippen LogP contribution is -2.29. The smallest absolute Gasteiger partial charge is 0.301 e. The summed E-state index contributed by atoms with van der Waals surface area (Å²) < 4.78 is 12.0. The van der Waals surface area contributed by atoms with Crippen molar-refractivity contribution < 1.29 is 24.2 Å². The number of aromatic nitrogens is 2. The zero-order valence-electron chi connectivity index (χ0n) is 23.7. The summed E-state index contributed by atoms with van der Waals surface area (Å²) >= 11 is 8.67. The SMILES string of the molecule is CCCCOc1ccc(C(O)=C2C(=O)C(=O)N(c3nnc(SCc4ccc(Cl)cc4)s3)C2c2ccc(OCC)cc2)cc1. The van der Waals surface area contributed by atoms with Crippen molar-refractivity contribution in [2.75, 3.05) is 18.1 Å². The van der Waals surface area contributed by atoms with Crippen molar-refractivity contribution in [2.45, 2.75) is 42.8 Å². The average Bonchev–Trinajstić information content (AvgIpc) is 3.59. The first-order chi connectivity index (χ1) is 20.9. The second-order valence-electron chi connectivity index (χ2n) is 9.66. The number of thioether (sulfide) groups is 1. The molecule has 2 heterocycles. The number of hydrogen-bond acceptors (Lipinski definition) is 9. The van der Waals surface area contributed by atoms with Gasteiger partial charge in [0, 0.05) is 16.3 Å². The van der Waals surface area contributed by atoms with Crippen LogP contribution >= 0.6 is 34.7 Å². The molecular weight excluding hydrogens is 606 g/mol. The van der Waals surface area contributed by atoms with Gasteiger partial charge in [-0.05, 0) is 73.0 Å². The zero-order valence-corrected chi connectivity index (χ0v) is 26.0. The van der Waals surface area contributed by atoms with E-state index in [1.807, 2.05) is 31.2 Å². The first kappa shape index (κ1) is 30.6. The lowest BCUT2D eigenvalue weighted by atomic mass is 9.95. The topological polar surface area (TPSA) is 102 Å². The van der Waals surface area contributed by atoms with E-state index in [0.717, 1.165) is 18.4 Å². The molecule has 4 aromatic rings. The van der Waals surface area contributed by atoms with E-state index in [2.05, 4.69) is 17.1 Å². The van der Waals surface area contributed by atoms with Crippen LogP contribution in [0.2, 0.25) is 5.02 Å². The van der Waals surface area contributed by atoms with E-state index in [1.165, 1.54) is 28.0 Å².